The summed E-state index contributed by atoms with van der Waals surface area (Å²) in [7, 11) is 0. The van der Waals surface area contributed by atoms with Gasteiger partial charge in [-0.3, -0.25) is 0 Å². The first kappa shape index (κ1) is 14.6. The van der Waals surface area contributed by atoms with Gasteiger partial charge in [0.1, 0.15) is 0 Å². The highest BCUT2D eigenvalue weighted by Gasteiger charge is 2.37. The van der Waals surface area contributed by atoms with Crippen LogP contribution in [0.2, 0.25) is 0 Å². The second-order valence-electron chi connectivity index (χ2n) is 3.32. The number of ether oxygens (including phenoxy) is 1. The topological polar surface area (TPSA) is 48.1 Å². The van der Waals surface area contributed by atoms with E-state index < -0.39 is 30.5 Å². The van der Waals surface area contributed by atoms with E-state index in [0.717, 1.165) is 6.92 Å². The van der Waals surface area contributed by atoms with Crippen LogP contribution in [0.4, 0.5) is 26.3 Å². The van der Waals surface area contributed by atoms with Crippen molar-refractivity contribution in [2.24, 2.45) is 5.73 Å². The van der Waals surface area contributed by atoms with Crippen LogP contribution >= 0.6 is 0 Å². The molecule has 102 valence electrons. The number of alkyl halides is 6. The van der Waals surface area contributed by atoms with Gasteiger partial charge in [0, 0.05) is 18.3 Å². The molecule has 3 nitrogen and oxygen atoms in total. The van der Waals surface area contributed by atoms with Crippen LogP contribution < -0.4 is 10.5 Å². The third kappa shape index (κ3) is 3.49. The Hall–Kier alpha value is -1.51. The van der Waals surface area contributed by atoms with Crippen LogP contribution in [-0.2, 0) is 12.7 Å². The zero-order valence-electron chi connectivity index (χ0n) is 8.99. The van der Waals surface area contributed by atoms with E-state index in [2.05, 4.69) is 9.72 Å². The van der Waals surface area contributed by atoms with Crippen LogP contribution in [0.3, 0.4) is 0 Å². The molecule has 0 spiro atoms. The maximum Gasteiger partial charge on any atom is 0.574 e. The Kier molecular flexibility index (Phi) is 3.75. The molecule has 0 amide bonds. The fourth-order valence-corrected chi connectivity index (χ4v) is 1.35. The van der Waals surface area contributed by atoms with Gasteiger partial charge < -0.3 is 10.5 Å². The Balaban J connectivity index is 3.31. The molecule has 1 heterocycles. The first-order valence-corrected chi connectivity index (χ1v) is 4.58. The minimum absolute atomic E-state index is 0.183. The maximum atomic E-state index is 12.6. The van der Waals surface area contributed by atoms with Crippen molar-refractivity contribution in [2.75, 3.05) is 0 Å². The zero-order chi connectivity index (χ0) is 14.1. The van der Waals surface area contributed by atoms with E-state index in [4.69, 9.17) is 5.73 Å². The first-order valence-electron chi connectivity index (χ1n) is 4.58. The summed E-state index contributed by atoms with van der Waals surface area (Å²) in [6.07, 6.45) is -9.93. The van der Waals surface area contributed by atoms with Crippen molar-refractivity contribution >= 4 is 0 Å². The highest BCUT2D eigenvalue weighted by atomic mass is 19.4. The Morgan fingerprint density at radius 3 is 2.17 bits per heavy atom. The van der Waals surface area contributed by atoms with Crippen molar-refractivity contribution in [3.63, 3.8) is 0 Å². The van der Waals surface area contributed by atoms with Gasteiger partial charge in [0.2, 0.25) is 5.88 Å². The van der Waals surface area contributed by atoms with E-state index in [1.54, 1.807) is 0 Å². The van der Waals surface area contributed by atoms with Gasteiger partial charge in [0.15, 0.2) is 0 Å². The molecule has 0 unspecified atom stereocenters. The number of halogens is 6. The molecular weight excluding hydrogens is 266 g/mol. The Bertz CT molecular complexity index is 440. The molecule has 0 aromatic carbocycles. The molecule has 0 aliphatic rings. The maximum absolute atomic E-state index is 12.6. The molecule has 0 fully saturated rings. The lowest BCUT2D eigenvalue weighted by Crippen LogP contribution is -2.20. The highest BCUT2D eigenvalue weighted by molar-refractivity contribution is 5.36. The minimum atomic E-state index is -5.10. The molecular formula is C9H8F6N2O. The monoisotopic (exact) mass is 274 g/mol. The van der Waals surface area contributed by atoms with E-state index in [1.807, 2.05) is 0 Å². The lowest BCUT2D eigenvalue weighted by atomic mass is 10.1. The van der Waals surface area contributed by atoms with Gasteiger partial charge in [-0.25, -0.2) is 4.98 Å². The van der Waals surface area contributed by atoms with E-state index in [1.165, 1.54) is 0 Å². The smallest absolute Gasteiger partial charge is 0.388 e. The van der Waals surface area contributed by atoms with Crippen LogP contribution in [0.15, 0.2) is 6.07 Å². The average Bonchev–Trinajstić information content (AvgIpc) is 2.12. The van der Waals surface area contributed by atoms with E-state index in [0.29, 0.717) is 0 Å². The van der Waals surface area contributed by atoms with Crippen molar-refractivity contribution in [3.05, 3.63) is 22.9 Å². The van der Waals surface area contributed by atoms with Crippen molar-refractivity contribution in [3.8, 4) is 5.88 Å². The second-order valence-corrected chi connectivity index (χ2v) is 3.32. The zero-order valence-corrected chi connectivity index (χ0v) is 8.99. The number of pyridine rings is 1. The highest BCUT2D eigenvalue weighted by Crippen LogP contribution is 2.35. The Morgan fingerprint density at radius 1 is 1.22 bits per heavy atom. The third-order valence-electron chi connectivity index (χ3n) is 2.04. The summed E-state index contributed by atoms with van der Waals surface area (Å²) in [4.78, 5) is 3.28. The van der Waals surface area contributed by atoms with Crippen LogP contribution in [0.1, 0.15) is 16.8 Å². The molecule has 0 aliphatic heterocycles. The fraction of sp³-hybridized carbons (Fsp3) is 0.444. The third-order valence-corrected chi connectivity index (χ3v) is 2.04. The SMILES string of the molecule is Cc1nc(OC(F)(F)F)cc(C(F)(F)F)c1CN. The molecule has 18 heavy (non-hydrogen) atoms. The van der Waals surface area contributed by atoms with Gasteiger partial charge in [-0.15, -0.1) is 13.2 Å². The van der Waals surface area contributed by atoms with Crippen LogP contribution in [0.5, 0.6) is 5.88 Å². The summed E-state index contributed by atoms with van der Waals surface area (Å²) in [6, 6.07) is 0.183. The van der Waals surface area contributed by atoms with E-state index in [-0.39, 0.29) is 17.3 Å². The summed E-state index contributed by atoms with van der Waals surface area (Å²) in [6.45, 7) is 0.640. The van der Waals surface area contributed by atoms with Crippen molar-refractivity contribution in [1.29, 1.82) is 0 Å². The average molecular weight is 274 g/mol. The lowest BCUT2D eigenvalue weighted by Gasteiger charge is -2.16. The molecule has 2 N–H and O–H groups in total. The normalized spacial score (nSPS) is 12.7. The summed E-state index contributed by atoms with van der Waals surface area (Å²) in [5.41, 5.74) is 3.22. The standard InChI is InChI=1S/C9H8F6N2O/c1-4-5(3-16)6(8(10,11)12)2-7(17-4)18-9(13,14)15/h2H,3,16H2,1H3. The van der Waals surface area contributed by atoms with Gasteiger partial charge in [-0.2, -0.15) is 13.2 Å². The summed E-state index contributed by atoms with van der Waals surface area (Å²) in [5, 5.41) is 0. The summed E-state index contributed by atoms with van der Waals surface area (Å²) < 4.78 is 76.9. The number of hydrogen-bond acceptors (Lipinski definition) is 3. The predicted octanol–water partition coefficient (Wildman–Crippen LogP) is 2.77. The minimum Gasteiger partial charge on any atom is -0.388 e. The number of aromatic nitrogens is 1. The molecule has 0 saturated heterocycles. The second kappa shape index (κ2) is 4.63. The quantitative estimate of drug-likeness (QED) is 0.843. The van der Waals surface area contributed by atoms with Crippen molar-refractivity contribution in [1.82, 2.24) is 4.98 Å². The van der Waals surface area contributed by atoms with Gasteiger partial charge in [0.05, 0.1) is 5.56 Å². The first-order chi connectivity index (χ1) is 8.04. The van der Waals surface area contributed by atoms with Crippen LogP contribution in [0, 0.1) is 6.92 Å². The van der Waals surface area contributed by atoms with Gasteiger partial charge >= 0.3 is 12.5 Å². The van der Waals surface area contributed by atoms with Gasteiger partial charge in [-0.1, -0.05) is 0 Å². The predicted molar refractivity (Wildman–Crippen MR) is 48.6 cm³/mol. The van der Waals surface area contributed by atoms with E-state index in [9.17, 15) is 26.3 Å². The Morgan fingerprint density at radius 2 is 1.78 bits per heavy atom. The fourth-order valence-electron chi connectivity index (χ4n) is 1.35. The molecule has 9 heteroatoms. The number of nitrogens with zero attached hydrogens (tertiary/aromatic N) is 1. The Labute approximate surface area is 97.6 Å². The molecule has 0 saturated carbocycles. The van der Waals surface area contributed by atoms with Gasteiger partial charge in [0.25, 0.3) is 0 Å². The van der Waals surface area contributed by atoms with Crippen LogP contribution in [0.25, 0.3) is 0 Å². The van der Waals surface area contributed by atoms with Crippen molar-refractivity contribution in [2.45, 2.75) is 26.0 Å². The summed E-state index contributed by atoms with van der Waals surface area (Å²) in [5.74, 6) is -1.16. The molecule has 0 aliphatic carbocycles. The lowest BCUT2D eigenvalue weighted by molar-refractivity contribution is -0.276. The molecule has 0 radical (unpaired) electrons. The molecule has 0 atom stereocenters. The molecule has 1 aromatic heterocycles. The summed E-state index contributed by atoms with van der Waals surface area (Å²) >= 11 is 0. The molecule has 1 aromatic rings. The molecule has 1 rings (SSSR count). The number of hydrogen-bond donors (Lipinski definition) is 1. The number of aryl methyl sites for hydroxylation is 1. The van der Waals surface area contributed by atoms with Crippen LogP contribution in [-0.4, -0.2) is 11.3 Å². The number of rotatable bonds is 2. The number of nitrogens with two attached hydrogens (primary N) is 1. The van der Waals surface area contributed by atoms with E-state index >= 15 is 0 Å². The largest absolute Gasteiger partial charge is 0.574 e. The molecule has 0 bridgehead atoms. The van der Waals surface area contributed by atoms with Crippen molar-refractivity contribution < 1.29 is 31.1 Å². The van der Waals surface area contributed by atoms with Gasteiger partial charge in [-0.05, 0) is 12.5 Å².